The number of phenolic OH excluding ortho intramolecular Hbond substituents is 1. The molecule has 0 saturated heterocycles. The molecule has 2 aromatic carbocycles. The minimum atomic E-state index is -1.21. The molecule has 0 aliphatic rings. The van der Waals surface area contributed by atoms with Crippen LogP contribution in [0.4, 0.5) is 22.7 Å². The Morgan fingerprint density at radius 3 is 2.05 bits per heavy atom. The molecule has 0 spiro atoms. The van der Waals surface area contributed by atoms with E-state index in [1.165, 1.54) is 36.9 Å². The molecule has 0 radical (unpaired) electrons. The van der Waals surface area contributed by atoms with Gasteiger partial charge in [0.25, 0.3) is 11.4 Å². The second-order valence-electron chi connectivity index (χ2n) is 8.54. The number of nitro groups is 3. The maximum atomic E-state index is 10.4. The first-order chi connectivity index (χ1) is 18.6. The lowest BCUT2D eigenvalue weighted by Crippen LogP contribution is -2.22. The molecule has 0 saturated carbocycles. The summed E-state index contributed by atoms with van der Waals surface area (Å²) in [5, 5.41) is 40.2. The van der Waals surface area contributed by atoms with Gasteiger partial charge in [-0.25, -0.2) is 0 Å². The number of aryl methyl sites for hydroxylation is 1. The highest BCUT2D eigenvalue weighted by Gasteiger charge is 2.30. The minimum Gasteiger partial charge on any atom is -0.497 e. The van der Waals surface area contributed by atoms with Crippen LogP contribution in [0.3, 0.4) is 0 Å². The lowest BCUT2D eigenvalue weighted by Gasteiger charge is -2.21. The van der Waals surface area contributed by atoms with Gasteiger partial charge in [0, 0.05) is 12.1 Å². The zero-order chi connectivity index (χ0) is 28.8. The first kappa shape index (κ1) is 30.3. The van der Waals surface area contributed by atoms with Crippen LogP contribution in [0.5, 0.6) is 5.75 Å². The number of phenols is 1. The van der Waals surface area contributed by atoms with Crippen molar-refractivity contribution in [3.8, 4) is 17.6 Å². The minimum absolute atomic E-state index is 0.447. The number of rotatable bonds is 11. The van der Waals surface area contributed by atoms with E-state index in [1.54, 1.807) is 6.26 Å². The predicted molar refractivity (Wildman–Crippen MR) is 146 cm³/mol. The first-order valence-electron chi connectivity index (χ1n) is 12.2. The van der Waals surface area contributed by atoms with Crippen molar-refractivity contribution in [2.45, 2.75) is 52.5 Å². The number of hydrogen-bond donors (Lipinski definition) is 1. The van der Waals surface area contributed by atoms with Crippen molar-refractivity contribution in [3.63, 3.8) is 0 Å². The van der Waals surface area contributed by atoms with E-state index >= 15 is 0 Å². The monoisotopic (exact) mass is 538 g/mol. The summed E-state index contributed by atoms with van der Waals surface area (Å²) in [5.41, 5.74) is -0.543. The largest absolute Gasteiger partial charge is 0.497 e. The smallest absolute Gasteiger partial charge is 0.324 e. The molecule has 3 aromatic rings. The highest BCUT2D eigenvalue weighted by atomic mass is 16.6. The van der Waals surface area contributed by atoms with E-state index in [9.17, 15) is 30.3 Å². The van der Waals surface area contributed by atoms with Crippen LogP contribution in [0.1, 0.15) is 50.4 Å². The quantitative estimate of drug-likeness (QED) is 0.121. The van der Waals surface area contributed by atoms with Crippen LogP contribution in [0.15, 0.2) is 59.2 Å². The van der Waals surface area contributed by atoms with Gasteiger partial charge in [0.1, 0.15) is 5.76 Å². The normalized spacial score (nSPS) is 10.0. The number of benzene rings is 2. The van der Waals surface area contributed by atoms with E-state index < -0.39 is 37.6 Å². The van der Waals surface area contributed by atoms with E-state index in [1.807, 2.05) is 12.1 Å². The summed E-state index contributed by atoms with van der Waals surface area (Å²) in [4.78, 5) is 30.0. The third-order valence-electron chi connectivity index (χ3n) is 5.53. The number of furan rings is 1. The van der Waals surface area contributed by atoms with E-state index in [0.717, 1.165) is 25.3 Å². The van der Waals surface area contributed by atoms with E-state index in [-0.39, 0.29) is 0 Å². The lowest BCUT2D eigenvalue weighted by molar-refractivity contribution is -0.404. The third-order valence-corrected chi connectivity index (χ3v) is 5.53. The fraction of sp³-hybridized carbons (Fsp3) is 0.333. The Morgan fingerprint density at radius 1 is 0.897 bits per heavy atom. The average molecular weight is 539 g/mol. The van der Waals surface area contributed by atoms with Gasteiger partial charge in [-0.3, -0.25) is 30.3 Å². The summed E-state index contributed by atoms with van der Waals surface area (Å²) >= 11 is 0. The molecule has 0 bridgehead atoms. The fourth-order valence-electron chi connectivity index (χ4n) is 3.44. The summed E-state index contributed by atoms with van der Waals surface area (Å²) in [5.74, 6) is 6.40. The van der Waals surface area contributed by atoms with Crippen molar-refractivity contribution in [2.75, 3.05) is 11.4 Å². The highest BCUT2D eigenvalue weighted by molar-refractivity contribution is 5.64. The molecule has 39 heavy (non-hydrogen) atoms. The van der Waals surface area contributed by atoms with Crippen LogP contribution < -0.4 is 4.90 Å². The number of unbranched alkanes of at least 4 members (excludes halogenated alkanes) is 4. The second kappa shape index (κ2) is 15.4. The zero-order valence-corrected chi connectivity index (χ0v) is 21.7. The Hall–Kier alpha value is -4.92. The third kappa shape index (κ3) is 9.81. The maximum absolute atomic E-state index is 10.4. The van der Waals surface area contributed by atoms with Gasteiger partial charge in [-0.15, -0.1) is 5.92 Å². The van der Waals surface area contributed by atoms with Crippen LogP contribution in [-0.4, -0.2) is 26.4 Å². The molecular formula is C27H30N4O8. The lowest BCUT2D eigenvalue weighted by atomic mass is 10.1. The van der Waals surface area contributed by atoms with Crippen molar-refractivity contribution in [1.29, 1.82) is 0 Å². The van der Waals surface area contributed by atoms with Gasteiger partial charge in [-0.05, 0) is 37.6 Å². The number of nitrogens with zero attached hydrogens (tertiary/aromatic N) is 4. The van der Waals surface area contributed by atoms with Crippen LogP contribution in [0, 0.1) is 49.1 Å². The average Bonchev–Trinajstić information content (AvgIpc) is 3.41. The SMILES string of the molecule is CCCCCCC#CCN(Cc1ccco1)c1ccc(C)cc1.O=[N+]([O-])c1cc([N+](=O)[O-])c(O)c([N+](=O)[O-])c1. The number of aromatic hydroxyl groups is 1. The van der Waals surface area contributed by atoms with Crippen LogP contribution in [0.2, 0.25) is 0 Å². The summed E-state index contributed by atoms with van der Waals surface area (Å²) < 4.78 is 5.49. The summed E-state index contributed by atoms with van der Waals surface area (Å²) in [7, 11) is 0. The van der Waals surface area contributed by atoms with E-state index in [2.05, 4.69) is 54.9 Å². The van der Waals surface area contributed by atoms with Crippen molar-refractivity contribution in [2.24, 2.45) is 0 Å². The zero-order valence-electron chi connectivity index (χ0n) is 21.7. The molecule has 0 amide bonds. The van der Waals surface area contributed by atoms with Crippen LogP contribution in [-0.2, 0) is 6.54 Å². The second-order valence-corrected chi connectivity index (χ2v) is 8.54. The summed E-state index contributed by atoms with van der Waals surface area (Å²) in [6.45, 7) is 5.83. The van der Waals surface area contributed by atoms with Gasteiger partial charge in [0.05, 0.1) is 46.3 Å². The molecule has 12 heteroatoms. The van der Waals surface area contributed by atoms with Crippen molar-refractivity contribution in [3.05, 3.63) is 96.5 Å². The van der Waals surface area contributed by atoms with E-state index in [0.29, 0.717) is 12.1 Å². The molecule has 0 aliphatic heterocycles. The molecule has 0 atom stereocenters. The Balaban J connectivity index is 0.000000293. The fourth-order valence-corrected chi connectivity index (χ4v) is 3.44. The van der Waals surface area contributed by atoms with Gasteiger partial charge in [0.15, 0.2) is 0 Å². The molecular weight excluding hydrogens is 508 g/mol. The predicted octanol–water partition coefficient (Wildman–Crippen LogP) is 6.69. The van der Waals surface area contributed by atoms with E-state index in [4.69, 9.17) is 9.52 Å². The molecule has 1 heterocycles. The van der Waals surface area contributed by atoms with Crippen molar-refractivity contribution < 1.29 is 24.3 Å². The Bertz CT molecular complexity index is 1280. The number of anilines is 1. The number of nitro benzene ring substituents is 3. The molecule has 206 valence electrons. The molecule has 0 fully saturated rings. The molecule has 1 N–H and O–H groups in total. The molecule has 0 aliphatic carbocycles. The number of non-ortho nitro benzene ring substituents is 1. The standard InChI is InChI=1S/C21H27NO.C6H3N3O7/c1-3-4-5-6-7-8-9-16-22(18-21-11-10-17-23-21)20-14-12-19(2)13-15-20;10-6-4(8(13)14)1-3(7(11)12)2-5(6)9(15)16/h10-15,17H,3-7,16,18H2,1-2H3;1-2,10H. The number of hydrogen-bond acceptors (Lipinski definition) is 9. The van der Waals surface area contributed by atoms with Crippen molar-refractivity contribution in [1.82, 2.24) is 0 Å². The first-order valence-corrected chi connectivity index (χ1v) is 12.2. The Kier molecular flexibility index (Phi) is 11.9. The van der Waals surface area contributed by atoms with Gasteiger partial charge >= 0.3 is 11.4 Å². The van der Waals surface area contributed by atoms with Gasteiger partial charge < -0.3 is 14.4 Å². The molecule has 3 rings (SSSR count). The van der Waals surface area contributed by atoms with Crippen molar-refractivity contribution >= 4 is 22.7 Å². The van der Waals surface area contributed by atoms with Gasteiger partial charge in [-0.1, -0.05) is 49.8 Å². The van der Waals surface area contributed by atoms with Gasteiger partial charge in [-0.2, -0.15) is 0 Å². The van der Waals surface area contributed by atoms with Crippen LogP contribution >= 0.6 is 0 Å². The topological polar surface area (TPSA) is 166 Å². The van der Waals surface area contributed by atoms with Gasteiger partial charge in [0.2, 0.25) is 0 Å². The Labute approximate surface area is 225 Å². The summed E-state index contributed by atoms with van der Waals surface area (Å²) in [6.07, 6.45) is 7.82. The summed E-state index contributed by atoms with van der Waals surface area (Å²) in [6, 6.07) is 13.4. The van der Waals surface area contributed by atoms with Crippen LogP contribution in [0.25, 0.3) is 0 Å². The molecule has 12 nitrogen and oxygen atoms in total. The molecule has 1 aromatic heterocycles. The maximum Gasteiger partial charge on any atom is 0.324 e. The Morgan fingerprint density at radius 2 is 1.54 bits per heavy atom. The highest BCUT2D eigenvalue weighted by Crippen LogP contribution is 2.38. The molecule has 0 unspecified atom stereocenters.